The smallest absolute Gasteiger partial charge is 0.160 e. The summed E-state index contributed by atoms with van der Waals surface area (Å²) in [6, 6.07) is 8.51. The summed E-state index contributed by atoms with van der Waals surface area (Å²) < 4.78 is 0. The molecular weight excluding hydrogens is 390 g/mol. The van der Waals surface area contributed by atoms with E-state index in [0.717, 1.165) is 30.2 Å². The summed E-state index contributed by atoms with van der Waals surface area (Å²) in [5.41, 5.74) is 3.98. The van der Waals surface area contributed by atoms with Crippen LogP contribution >= 0.6 is 0 Å². The third-order valence-corrected chi connectivity index (χ3v) is 7.24. The summed E-state index contributed by atoms with van der Waals surface area (Å²) in [6.45, 7) is 4.51. The molecule has 0 N–H and O–H groups in total. The van der Waals surface area contributed by atoms with Crippen LogP contribution in [0, 0.1) is 23.2 Å². The minimum absolute atomic E-state index is 0.665. The molecule has 3 nitrogen and oxygen atoms in total. The molecule has 0 atom stereocenters. The van der Waals surface area contributed by atoms with E-state index in [1.54, 1.807) is 0 Å². The molecule has 0 unspecified atom stereocenters. The Morgan fingerprint density at radius 3 is 2.12 bits per heavy atom. The molecule has 1 saturated carbocycles. The van der Waals surface area contributed by atoms with Gasteiger partial charge in [-0.2, -0.15) is 5.26 Å². The average Bonchev–Trinajstić information content (AvgIpc) is 2.84. The third-order valence-electron chi connectivity index (χ3n) is 7.24. The molecule has 1 aromatic heterocycles. The molecule has 1 heterocycles. The van der Waals surface area contributed by atoms with Crippen molar-refractivity contribution < 1.29 is 0 Å². The van der Waals surface area contributed by atoms with Gasteiger partial charge in [0, 0.05) is 18.0 Å². The van der Waals surface area contributed by atoms with Crippen molar-refractivity contribution in [2.24, 2.45) is 11.8 Å². The minimum Gasteiger partial charge on any atom is -0.236 e. The number of rotatable bonds is 12. The first-order valence-electron chi connectivity index (χ1n) is 13.1. The molecule has 3 rings (SSSR count). The number of nitriles is 1. The average molecular weight is 432 g/mol. The molecule has 1 aromatic carbocycles. The zero-order chi connectivity index (χ0) is 22.6. The second-order valence-electron chi connectivity index (χ2n) is 9.78. The van der Waals surface area contributed by atoms with E-state index in [9.17, 15) is 5.26 Å². The van der Waals surface area contributed by atoms with Crippen molar-refractivity contribution in [3.05, 3.63) is 47.3 Å². The second kappa shape index (κ2) is 13.4. The van der Waals surface area contributed by atoms with Crippen LogP contribution in [0.15, 0.2) is 30.6 Å². The predicted octanol–water partition coefficient (Wildman–Crippen LogP) is 8.07. The van der Waals surface area contributed by atoms with Gasteiger partial charge >= 0.3 is 0 Å². The van der Waals surface area contributed by atoms with Gasteiger partial charge in [-0.3, -0.25) is 0 Å². The Morgan fingerprint density at radius 2 is 1.47 bits per heavy atom. The summed E-state index contributed by atoms with van der Waals surface area (Å²) in [5.74, 6) is 2.51. The zero-order valence-corrected chi connectivity index (χ0v) is 20.3. The van der Waals surface area contributed by atoms with Crippen LogP contribution in [0.25, 0.3) is 11.4 Å². The Labute approximate surface area is 195 Å². The number of hydrogen-bond donors (Lipinski definition) is 0. The number of aromatic nitrogens is 2. The lowest BCUT2D eigenvalue weighted by atomic mass is 9.78. The topological polar surface area (TPSA) is 49.6 Å². The lowest BCUT2D eigenvalue weighted by molar-refractivity contribution is 0.249. The number of unbranched alkanes of at least 4 members (excludes halogenated alkanes) is 4. The maximum absolute atomic E-state index is 9.63. The van der Waals surface area contributed by atoms with Gasteiger partial charge in [0.1, 0.15) is 0 Å². The fourth-order valence-corrected chi connectivity index (χ4v) is 5.10. The Balaban J connectivity index is 1.50. The molecule has 1 aliphatic rings. The van der Waals surface area contributed by atoms with Gasteiger partial charge < -0.3 is 0 Å². The van der Waals surface area contributed by atoms with Gasteiger partial charge in [-0.1, -0.05) is 84.1 Å². The summed E-state index contributed by atoms with van der Waals surface area (Å²) in [5, 5.41) is 9.63. The standard InChI is InChI=1S/C29H41N3/c1-3-5-7-9-23-11-13-24(14-12-23)15-16-26-21-31-29(32-22-26)28-18-17-25(10-8-6-4-2)19-27(28)20-30/h17-19,21-24H,3-16H2,1-2H3/t23-,24-. The van der Waals surface area contributed by atoms with Crippen molar-refractivity contribution in [2.45, 2.75) is 104 Å². The maximum atomic E-state index is 9.63. The SMILES string of the molecule is CCCCCc1ccc(-c2ncc(CC[C@H]3CC[C@H](CCCCC)CC3)cn2)c(C#N)c1. The molecular formula is C29H41N3. The summed E-state index contributed by atoms with van der Waals surface area (Å²) in [6.07, 6.45) is 22.1. The first-order chi connectivity index (χ1) is 15.7. The number of aryl methyl sites for hydroxylation is 2. The number of hydrogen-bond acceptors (Lipinski definition) is 3. The number of benzene rings is 1. The Hall–Kier alpha value is -2.21. The van der Waals surface area contributed by atoms with E-state index in [1.165, 1.54) is 88.2 Å². The van der Waals surface area contributed by atoms with Crippen LogP contribution in [0.2, 0.25) is 0 Å². The van der Waals surface area contributed by atoms with Crippen LogP contribution in [0.5, 0.6) is 0 Å². The molecule has 0 amide bonds. The molecule has 0 saturated heterocycles. The highest BCUT2D eigenvalue weighted by Crippen LogP contribution is 2.34. The molecule has 0 spiro atoms. The molecule has 0 radical (unpaired) electrons. The highest BCUT2D eigenvalue weighted by molar-refractivity contribution is 5.65. The van der Waals surface area contributed by atoms with E-state index in [0.29, 0.717) is 11.4 Å². The molecule has 1 fully saturated rings. The second-order valence-corrected chi connectivity index (χ2v) is 9.78. The largest absolute Gasteiger partial charge is 0.236 e. The van der Waals surface area contributed by atoms with E-state index < -0.39 is 0 Å². The van der Waals surface area contributed by atoms with Crippen molar-refractivity contribution in [1.82, 2.24) is 9.97 Å². The first kappa shape index (κ1) is 24.4. The molecule has 0 bridgehead atoms. The summed E-state index contributed by atoms with van der Waals surface area (Å²) in [7, 11) is 0. The minimum atomic E-state index is 0.665. The van der Waals surface area contributed by atoms with Crippen LogP contribution in [0.4, 0.5) is 0 Å². The molecule has 172 valence electrons. The molecule has 0 aliphatic heterocycles. The van der Waals surface area contributed by atoms with Crippen molar-refractivity contribution in [3.63, 3.8) is 0 Å². The quantitative estimate of drug-likeness (QED) is 0.319. The van der Waals surface area contributed by atoms with Gasteiger partial charge in [-0.25, -0.2) is 9.97 Å². The molecule has 3 heteroatoms. The van der Waals surface area contributed by atoms with Gasteiger partial charge in [0.05, 0.1) is 11.6 Å². The summed E-state index contributed by atoms with van der Waals surface area (Å²) in [4.78, 5) is 9.24. The van der Waals surface area contributed by atoms with Crippen molar-refractivity contribution >= 4 is 0 Å². The van der Waals surface area contributed by atoms with Gasteiger partial charge in [0.25, 0.3) is 0 Å². The van der Waals surface area contributed by atoms with Crippen LogP contribution < -0.4 is 0 Å². The van der Waals surface area contributed by atoms with Crippen molar-refractivity contribution in [2.75, 3.05) is 0 Å². The van der Waals surface area contributed by atoms with Crippen molar-refractivity contribution in [3.8, 4) is 17.5 Å². The van der Waals surface area contributed by atoms with Crippen LogP contribution in [-0.2, 0) is 12.8 Å². The van der Waals surface area contributed by atoms with E-state index >= 15 is 0 Å². The molecule has 1 aliphatic carbocycles. The van der Waals surface area contributed by atoms with Gasteiger partial charge in [-0.15, -0.1) is 0 Å². The fraction of sp³-hybridized carbons (Fsp3) is 0.621. The Bertz CT molecular complexity index is 842. The Kier molecular flexibility index (Phi) is 10.2. The van der Waals surface area contributed by atoms with Crippen LogP contribution in [0.1, 0.15) is 108 Å². The van der Waals surface area contributed by atoms with E-state index in [1.807, 2.05) is 24.5 Å². The molecule has 32 heavy (non-hydrogen) atoms. The highest BCUT2D eigenvalue weighted by atomic mass is 14.9. The zero-order valence-electron chi connectivity index (χ0n) is 20.3. The first-order valence-corrected chi connectivity index (χ1v) is 13.1. The van der Waals surface area contributed by atoms with Gasteiger partial charge in [-0.05, 0) is 60.8 Å². The highest BCUT2D eigenvalue weighted by Gasteiger charge is 2.20. The third kappa shape index (κ3) is 7.44. The predicted molar refractivity (Wildman–Crippen MR) is 133 cm³/mol. The van der Waals surface area contributed by atoms with E-state index in [4.69, 9.17) is 0 Å². The van der Waals surface area contributed by atoms with Crippen LogP contribution in [-0.4, -0.2) is 9.97 Å². The fourth-order valence-electron chi connectivity index (χ4n) is 5.10. The lowest BCUT2D eigenvalue weighted by Gasteiger charge is -2.28. The summed E-state index contributed by atoms with van der Waals surface area (Å²) >= 11 is 0. The maximum Gasteiger partial charge on any atom is 0.160 e. The van der Waals surface area contributed by atoms with E-state index in [2.05, 4.69) is 36.0 Å². The monoisotopic (exact) mass is 431 g/mol. The van der Waals surface area contributed by atoms with Crippen LogP contribution in [0.3, 0.4) is 0 Å². The Morgan fingerprint density at radius 1 is 0.812 bits per heavy atom. The van der Waals surface area contributed by atoms with Gasteiger partial charge in [0.2, 0.25) is 0 Å². The van der Waals surface area contributed by atoms with E-state index in [-0.39, 0.29) is 0 Å². The lowest BCUT2D eigenvalue weighted by Crippen LogP contribution is -2.15. The molecule has 2 aromatic rings. The number of nitrogens with zero attached hydrogens (tertiary/aromatic N) is 3. The normalized spacial score (nSPS) is 18.4. The van der Waals surface area contributed by atoms with Crippen molar-refractivity contribution in [1.29, 1.82) is 5.26 Å². The van der Waals surface area contributed by atoms with Gasteiger partial charge in [0.15, 0.2) is 5.82 Å².